The number of anilines is 2. The number of amides is 2. The van der Waals surface area contributed by atoms with Crippen molar-refractivity contribution in [3.63, 3.8) is 0 Å². The molecule has 164 valence electrons. The van der Waals surface area contributed by atoms with Crippen LogP contribution in [-0.2, 0) is 20.7 Å². The number of benzene rings is 3. The van der Waals surface area contributed by atoms with Gasteiger partial charge in [0.1, 0.15) is 5.75 Å². The summed E-state index contributed by atoms with van der Waals surface area (Å²) in [5.74, 6) is -0.525. The van der Waals surface area contributed by atoms with Gasteiger partial charge in [-0.1, -0.05) is 24.3 Å². The number of nitrogens with one attached hydrogen (secondary N) is 1. The number of rotatable bonds is 5. The standard InChI is InChI=1S/C25H24N2O5/c1-16(28)26-22-14-18-7-4-3-6-17(18)13-21(22)25(30)32-15-24(29)27-11-5-8-19-12-20(31-2)9-10-23(19)27/h3-4,6-7,9-10,12-14H,5,8,11,15H2,1-2H3,(H,26,28). The first-order valence-corrected chi connectivity index (χ1v) is 10.4. The molecule has 0 atom stereocenters. The number of methoxy groups -OCH3 is 1. The molecule has 1 aliphatic heterocycles. The van der Waals surface area contributed by atoms with Gasteiger partial charge in [-0.15, -0.1) is 0 Å². The van der Waals surface area contributed by atoms with E-state index in [1.165, 1.54) is 6.92 Å². The van der Waals surface area contributed by atoms with E-state index in [4.69, 9.17) is 9.47 Å². The number of carbonyl (C=O) groups excluding carboxylic acids is 3. The molecule has 0 aromatic heterocycles. The maximum Gasteiger partial charge on any atom is 0.340 e. The first-order chi connectivity index (χ1) is 15.5. The minimum absolute atomic E-state index is 0.204. The highest BCUT2D eigenvalue weighted by molar-refractivity contribution is 6.06. The predicted octanol–water partition coefficient (Wildman–Crippen LogP) is 3.94. The summed E-state index contributed by atoms with van der Waals surface area (Å²) in [5, 5.41) is 4.39. The third-order valence-corrected chi connectivity index (χ3v) is 5.45. The van der Waals surface area contributed by atoms with Crippen LogP contribution in [0.25, 0.3) is 10.8 Å². The Hall–Kier alpha value is -3.87. The molecule has 0 saturated carbocycles. The van der Waals surface area contributed by atoms with Gasteiger partial charge in [-0.3, -0.25) is 9.59 Å². The van der Waals surface area contributed by atoms with E-state index in [0.29, 0.717) is 12.2 Å². The maximum atomic E-state index is 12.9. The molecule has 1 aliphatic rings. The Kier molecular flexibility index (Phi) is 6.07. The van der Waals surface area contributed by atoms with Crippen molar-refractivity contribution in [2.75, 3.05) is 30.5 Å². The summed E-state index contributed by atoms with van der Waals surface area (Å²) in [7, 11) is 1.61. The number of aryl methyl sites for hydroxylation is 1. The number of hydrogen-bond acceptors (Lipinski definition) is 5. The molecule has 0 unspecified atom stereocenters. The Balaban J connectivity index is 1.52. The Labute approximate surface area is 185 Å². The normalized spacial score (nSPS) is 12.8. The highest BCUT2D eigenvalue weighted by Crippen LogP contribution is 2.31. The molecule has 0 aliphatic carbocycles. The summed E-state index contributed by atoms with van der Waals surface area (Å²) >= 11 is 0. The molecule has 3 aromatic rings. The fourth-order valence-electron chi connectivity index (χ4n) is 3.94. The van der Waals surface area contributed by atoms with Crippen molar-refractivity contribution in [1.82, 2.24) is 0 Å². The molecule has 0 radical (unpaired) electrons. The van der Waals surface area contributed by atoms with Gasteiger partial charge in [0, 0.05) is 19.2 Å². The fraction of sp³-hybridized carbons (Fsp3) is 0.240. The molecule has 0 bridgehead atoms. The molecule has 4 rings (SSSR count). The predicted molar refractivity (Wildman–Crippen MR) is 122 cm³/mol. The molecule has 1 N–H and O–H groups in total. The van der Waals surface area contributed by atoms with Crippen molar-refractivity contribution >= 4 is 39.9 Å². The monoisotopic (exact) mass is 432 g/mol. The van der Waals surface area contributed by atoms with Gasteiger partial charge in [-0.05, 0) is 59.5 Å². The zero-order valence-corrected chi connectivity index (χ0v) is 18.0. The van der Waals surface area contributed by atoms with E-state index in [2.05, 4.69) is 5.32 Å². The molecular formula is C25H24N2O5. The van der Waals surface area contributed by atoms with Crippen LogP contribution in [0.5, 0.6) is 5.75 Å². The van der Waals surface area contributed by atoms with Crippen LogP contribution < -0.4 is 15.0 Å². The third-order valence-electron chi connectivity index (χ3n) is 5.45. The first-order valence-electron chi connectivity index (χ1n) is 10.4. The van der Waals surface area contributed by atoms with Crippen LogP contribution in [-0.4, -0.2) is 38.0 Å². The van der Waals surface area contributed by atoms with Gasteiger partial charge in [0.05, 0.1) is 18.4 Å². The van der Waals surface area contributed by atoms with Crippen molar-refractivity contribution in [3.8, 4) is 5.75 Å². The van der Waals surface area contributed by atoms with Crippen LogP contribution >= 0.6 is 0 Å². The number of ether oxygens (including phenoxy) is 2. The number of nitrogens with zero attached hydrogens (tertiary/aromatic N) is 1. The molecule has 7 heteroatoms. The molecule has 3 aromatic carbocycles. The highest BCUT2D eigenvalue weighted by Gasteiger charge is 2.25. The topological polar surface area (TPSA) is 84.9 Å². The van der Waals surface area contributed by atoms with E-state index in [-0.39, 0.29) is 17.4 Å². The van der Waals surface area contributed by atoms with Crippen LogP contribution in [0.4, 0.5) is 11.4 Å². The molecular weight excluding hydrogens is 408 g/mol. The summed E-state index contributed by atoms with van der Waals surface area (Å²) in [6.45, 7) is 1.54. The molecule has 0 saturated heterocycles. The molecule has 32 heavy (non-hydrogen) atoms. The largest absolute Gasteiger partial charge is 0.497 e. The van der Waals surface area contributed by atoms with Gasteiger partial charge in [0.15, 0.2) is 6.61 Å². The van der Waals surface area contributed by atoms with E-state index >= 15 is 0 Å². The highest BCUT2D eigenvalue weighted by atomic mass is 16.5. The summed E-state index contributed by atoms with van der Waals surface area (Å²) < 4.78 is 10.6. The van der Waals surface area contributed by atoms with Crippen molar-refractivity contribution < 1.29 is 23.9 Å². The minimum atomic E-state index is -0.667. The third kappa shape index (κ3) is 4.42. The van der Waals surface area contributed by atoms with E-state index in [1.54, 1.807) is 24.1 Å². The second kappa shape index (κ2) is 9.09. The Morgan fingerprint density at radius 2 is 1.78 bits per heavy atom. The van der Waals surface area contributed by atoms with Crippen molar-refractivity contribution in [1.29, 1.82) is 0 Å². The number of carbonyl (C=O) groups is 3. The number of fused-ring (bicyclic) bond motifs is 2. The van der Waals surface area contributed by atoms with Gasteiger partial charge >= 0.3 is 5.97 Å². The second-order valence-corrected chi connectivity index (χ2v) is 7.65. The molecule has 7 nitrogen and oxygen atoms in total. The fourth-order valence-corrected chi connectivity index (χ4v) is 3.94. The van der Waals surface area contributed by atoms with Crippen molar-refractivity contribution in [3.05, 3.63) is 65.7 Å². The van der Waals surface area contributed by atoms with Gasteiger partial charge in [-0.25, -0.2) is 4.79 Å². The lowest BCUT2D eigenvalue weighted by Crippen LogP contribution is -2.38. The Morgan fingerprint density at radius 1 is 1.03 bits per heavy atom. The SMILES string of the molecule is COc1ccc2c(c1)CCCN2C(=O)COC(=O)c1cc2ccccc2cc1NC(C)=O. The van der Waals surface area contributed by atoms with Crippen LogP contribution in [0.2, 0.25) is 0 Å². The zero-order valence-electron chi connectivity index (χ0n) is 18.0. The van der Waals surface area contributed by atoms with E-state index in [1.807, 2.05) is 42.5 Å². The van der Waals surface area contributed by atoms with Crippen molar-refractivity contribution in [2.45, 2.75) is 19.8 Å². The second-order valence-electron chi connectivity index (χ2n) is 7.65. The summed E-state index contributed by atoms with van der Waals surface area (Å²) in [4.78, 5) is 39.0. The lowest BCUT2D eigenvalue weighted by atomic mass is 10.0. The Morgan fingerprint density at radius 3 is 2.50 bits per heavy atom. The average molecular weight is 432 g/mol. The van der Waals surface area contributed by atoms with Crippen LogP contribution in [0, 0.1) is 0 Å². The first kappa shape index (κ1) is 21.4. The molecule has 1 heterocycles. The van der Waals surface area contributed by atoms with E-state index < -0.39 is 12.6 Å². The van der Waals surface area contributed by atoms with E-state index in [0.717, 1.165) is 40.6 Å². The average Bonchev–Trinajstić information content (AvgIpc) is 2.80. The van der Waals surface area contributed by atoms with Crippen LogP contribution in [0.3, 0.4) is 0 Å². The van der Waals surface area contributed by atoms with Gasteiger partial charge < -0.3 is 19.7 Å². The zero-order chi connectivity index (χ0) is 22.7. The lowest BCUT2D eigenvalue weighted by Gasteiger charge is -2.29. The molecule has 0 spiro atoms. The molecule has 0 fully saturated rings. The van der Waals surface area contributed by atoms with Gasteiger partial charge in [-0.2, -0.15) is 0 Å². The van der Waals surface area contributed by atoms with Crippen LogP contribution in [0.1, 0.15) is 29.3 Å². The molecule has 2 amide bonds. The quantitative estimate of drug-likeness (QED) is 0.618. The van der Waals surface area contributed by atoms with Crippen molar-refractivity contribution in [2.24, 2.45) is 0 Å². The minimum Gasteiger partial charge on any atom is -0.497 e. The number of hydrogen-bond donors (Lipinski definition) is 1. The van der Waals surface area contributed by atoms with E-state index in [9.17, 15) is 14.4 Å². The van der Waals surface area contributed by atoms with Gasteiger partial charge in [0.25, 0.3) is 5.91 Å². The lowest BCUT2D eigenvalue weighted by molar-refractivity contribution is -0.121. The van der Waals surface area contributed by atoms with Gasteiger partial charge in [0.2, 0.25) is 5.91 Å². The number of esters is 1. The van der Waals surface area contributed by atoms with Crippen LogP contribution in [0.15, 0.2) is 54.6 Å². The summed E-state index contributed by atoms with van der Waals surface area (Å²) in [6.07, 6.45) is 1.67. The maximum absolute atomic E-state index is 12.9. The Bertz CT molecular complexity index is 1200. The summed E-state index contributed by atoms with van der Waals surface area (Å²) in [5.41, 5.74) is 2.39. The summed E-state index contributed by atoms with van der Waals surface area (Å²) in [6, 6.07) is 16.5. The smallest absolute Gasteiger partial charge is 0.340 e.